The summed E-state index contributed by atoms with van der Waals surface area (Å²) >= 11 is 0. The second kappa shape index (κ2) is 6.15. The molecule has 0 heterocycles. The van der Waals surface area contributed by atoms with Gasteiger partial charge in [0.25, 0.3) is 0 Å². The fourth-order valence-electron chi connectivity index (χ4n) is 2.26. The predicted octanol–water partition coefficient (Wildman–Crippen LogP) is 2.69. The zero-order valence-electron chi connectivity index (χ0n) is 11.0. The minimum absolute atomic E-state index is 0.149. The van der Waals surface area contributed by atoms with Crippen LogP contribution in [-0.4, -0.2) is 21.8 Å². The van der Waals surface area contributed by atoms with E-state index in [0.717, 1.165) is 24.5 Å². The van der Waals surface area contributed by atoms with E-state index in [1.54, 1.807) is 0 Å². The van der Waals surface area contributed by atoms with Crippen LogP contribution >= 0.6 is 0 Å². The van der Waals surface area contributed by atoms with Crippen molar-refractivity contribution in [3.05, 3.63) is 0 Å². The average Bonchev–Trinajstić information content (AvgIpc) is 2.26. The Bertz CT molecular complexity index is 240. The second-order valence-corrected chi connectivity index (χ2v) is 7.93. The van der Waals surface area contributed by atoms with E-state index in [1.807, 2.05) is 0 Å². The fraction of sp³-hybridized carbons (Fsp3) is 1.00. The Morgan fingerprint density at radius 1 is 1.38 bits per heavy atom. The summed E-state index contributed by atoms with van der Waals surface area (Å²) in [6.45, 7) is 7.29. The van der Waals surface area contributed by atoms with Crippen molar-refractivity contribution in [3.63, 3.8) is 0 Å². The van der Waals surface area contributed by atoms with E-state index >= 15 is 0 Å². The van der Waals surface area contributed by atoms with Gasteiger partial charge in [-0.15, -0.1) is 0 Å². The molecule has 0 aromatic heterocycles. The number of hydrogen-bond acceptors (Lipinski definition) is 2. The number of hydrogen-bond donors (Lipinski definition) is 1. The highest BCUT2D eigenvalue weighted by Crippen LogP contribution is 2.28. The lowest BCUT2D eigenvalue weighted by molar-refractivity contribution is 0.363. The van der Waals surface area contributed by atoms with Crippen LogP contribution in [-0.2, 0) is 10.8 Å². The van der Waals surface area contributed by atoms with Gasteiger partial charge >= 0.3 is 0 Å². The van der Waals surface area contributed by atoms with Gasteiger partial charge < -0.3 is 5.73 Å². The van der Waals surface area contributed by atoms with Gasteiger partial charge in [-0.3, -0.25) is 4.21 Å². The topological polar surface area (TPSA) is 43.1 Å². The first-order chi connectivity index (χ1) is 7.44. The molecular weight excluding hydrogens is 218 g/mol. The van der Waals surface area contributed by atoms with Gasteiger partial charge in [0.2, 0.25) is 0 Å². The highest BCUT2D eigenvalue weighted by atomic mass is 32.2. The van der Waals surface area contributed by atoms with Crippen LogP contribution in [0.3, 0.4) is 0 Å². The molecule has 96 valence electrons. The number of rotatable bonds is 5. The van der Waals surface area contributed by atoms with Gasteiger partial charge in [-0.05, 0) is 37.1 Å². The third kappa shape index (κ3) is 4.54. The smallest absolute Gasteiger partial charge is 0.0350 e. The van der Waals surface area contributed by atoms with Crippen molar-refractivity contribution in [2.75, 3.05) is 12.3 Å². The first kappa shape index (κ1) is 14.2. The van der Waals surface area contributed by atoms with E-state index < -0.39 is 10.8 Å². The molecule has 3 heteroatoms. The van der Waals surface area contributed by atoms with Crippen molar-refractivity contribution in [2.45, 2.75) is 58.1 Å². The third-order valence-corrected chi connectivity index (χ3v) is 5.57. The van der Waals surface area contributed by atoms with Gasteiger partial charge in [-0.25, -0.2) is 0 Å². The minimum Gasteiger partial charge on any atom is -0.330 e. The molecule has 0 saturated heterocycles. The van der Waals surface area contributed by atoms with Gasteiger partial charge in [-0.1, -0.05) is 33.6 Å². The Labute approximate surface area is 103 Å². The van der Waals surface area contributed by atoms with Crippen LogP contribution < -0.4 is 5.73 Å². The molecular formula is C13H27NOS. The van der Waals surface area contributed by atoms with Crippen LogP contribution in [0.4, 0.5) is 0 Å². The predicted molar refractivity (Wildman–Crippen MR) is 71.9 cm³/mol. The Morgan fingerprint density at radius 3 is 2.62 bits per heavy atom. The molecule has 0 amide bonds. The molecule has 1 fully saturated rings. The quantitative estimate of drug-likeness (QED) is 0.809. The summed E-state index contributed by atoms with van der Waals surface area (Å²) in [5.74, 6) is 1.60. The molecule has 1 aliphatic carbocycles. The fourth-order valence-corrected chi connectivity index (χ4v) is 4.32. The maximum atomic E-state index is 12.2. The van der Waals surface area contributed by atoms with E-state index in [0.29, 0.717) is 11.8 Å². The normalized spacial score (nSPS) is 29.0. The van der Waals surface area contributed by atoms with Crippen LogP contribution in [0.15, 0.2) is 0 Å². The van der Waals surface area contributed by atoms with Crippen molar-refractivity contribution in [1.29, 1.82) is 0 Å². The zero-order chi connectivity index (χ0) is 12.2. The largest absolute Gasteiger partial charge is 0.330 e. The maximum Gasteiger partial charge on any atom is 0.0350 e. The molecule has 1 rings (SSSR count). The second-order valence-electron chi connectivity index (χ2n) is 6.10. The highest BCUT2D eigenvalue weighted by molar-refractivity contribution is 7.85. The highest BCUT2D eigenvalue weighted by Gasteiger charge is 2.25. The molecule has 2 N–H and O–H groups in total. The van der Waals surface area contributed by atoms with Gasteiger partial charge in [0, 0.05) is 21.8 Å². The van der Waals surface area contributed by atoms with Gasteiger partial charge in [0.05, 0.1) is 0 Å². The van der Waals surface area contributed by atoms with Crippen LogP contribution in [0.25, 0.3) is 0 Å². The van der Waals surface area contributed by atoms with Gasteiger partial charge in [0.15, 0.2) is 0 Å². The Morgan fingerprint density at radius 2 is 2.06 bits per heavy atom. The number of nitrogens with two attached hydrogens (primary N) is 1. The molecule has 0 aromatic rings. The molecule has 16 heavy (non-hydrogen) atoms. The Kier molecular flexibility index (Phi) is 5.45. The van der Waals surface area contributed by atoms with E-state index in [-0.39, 0.29) is 5.41 Å². The molecule has 2 nitrogen and oxygen atoms in total. The first-order valence-corrected chi connectivity index (χ1v) is 7.90. The van der Waals surface area contributed by atoms with E-state index in [4.69, 9.17) is 5.73 Å². The molecule has 1 saturated carbocycles. The monoisotopic (exact) mass is 245 g/mol. The van der Waals surface area contributed by atoms with E-state index in [2.05, 4.69) is 20.8 Å². The molecule has 0 radical (unpaired) electrons. The summed E-state index contributed by atoms with van der Waals surface area (Å²) < 4.78 is 12.2. The van der Waals surface area contributed by atoms with Crippen LogP contribution in [0, 0.1) is 11.3 Å². The summed E-state index contributed by atoms with van der Waals surface area (Å²) in [6, 6.07) is 0. The molecule has 0 bridgehead atoms. The van der Waals surface area contributed by atoms with Crippen LogP contribution in [0.1, 0.15) is 52.9 Å². The van der Waals surface area contributed by atoms with Crippen molar-refractivity contribution >= 4 is 10.8 Å². The minimum atomic E-state index is -0.631. The van der Waals surface area contributed by atoms with Crippen molar-refractivity contribution < 1.29 is 4.21 Å². The Balaban J connectivity index is 2.34. The molecule has 0 spiro atoms. The zero-order valence-corrected chi connectivity index (χ0v) is 11.8. The van der Waals surface area contributed by atoms with Crippen molar-refractivity contribution in [2.24, 2.45) is 17.1 Å². The maximum absolute atomic E-state index is 12.2. The SMILES string of the molecule is CC1CCCC(S(=O)CCC(C)(C)CN)C1. The summed E-state index contributed by atoms with van der Waals surface area (Å²) in [4.78, 5) is 0. The summed E-state index contributed by atoms with van der Waals surface area (Å²) in [5, 5.41) is 0.456. The van der Waals surface area contributed by atoms with E-state index in [1.165, 1.54) is 19.3 Å². The van der Waals surface area contributed by atoms with Gasteiger partial charge in [0.1, 0.15) is 0 Å². The van der Waals surface area contributed by atoms with E-state index in [9.17, 15) is 4.21 Å². The van der Waals surface area contributed by atoms with Crippen LogP contribution in [0.5, 0.6) is 0 Å². The molecule has 0 aromatic carbocycles. The molecule has 1 aliphatic rings. The molecule has 3 unspecified atom stereocenters. The Hall–Kier alpha value is 0.110. The van der Waals surface area contributed by atoms with Crippen molar-refractivity contribution in [3.8, 4) is 0 Å². The summed E-state index contributed by atoms with van der Waals surface area (Å²) in [7, 11) is -0.631. The lowest BCUT2D eigenvalue weighted by Crippen LogP contribution is -2.29. The lowest BCUT2D eigenvalue weighted by Gasteiger charge is -2.28. The lowest BCUT2D eigenvalue weighted by atomic mass is 9.90. The van der Waals surface area contributed by atoms with Crippen molar-refractivity contribution in [1.82, 2.24) is 0 Å². The summed E-state index contributed by atoms with van der Waals surface area (Å²) in [6.07, 6.45) is 5.90. The average molecular weight is 245 g/mol. The van der Waals surface area contributed by atoms with Gasteiger partial charge in [-0.2, -0.15) is 0 Å². The van der Waals surface area contributed by atoms with Crippen LogP contribution in [0.2, 0.25) is 0 Å². The molecule has 0 aliphatic heterocycles. The molecule has 3 atom stereocenters. The summed E-state index contributed by atoms with van der Waals surface area (Å²) in [5.41, 5.74) is 5.84. The third-order valence-electron chi connectivity index (χ3n) is 3.79. The standard InChI is InChI=1S/C13H27NOS/c1-11-5-4-6-12(9-11)16(15)8-7-13(2,3)10-14/h11-12H,4-10,14H2,1-3H3. The first-order valence-electron chi connectivity index (χ1n) is 6.52.